The van der Waals surface area contributed by atoms with Crippen LogP contribution in [0.5, 0.6) is 0 Å². The van der Waals surface area contributed by atoms with Crippen LogP contribution >= 0.6 is 0 Å². The highest BCUT2D eigenvalue weighted by Crippen LogP contribution is 2.20. The third kappa shape index (κ3) is 7.80. The van der Waals surface area contributed by atoms with Crippen LogP contribution in [0.25, 0.3) is 0 Å². The maximum absolute atomic E-state index is 12.2. The van der Waals surface area contributed by atoms with Gasteiger partial charge in [-0.2, -0.15) is 8.42 Å². The van der Waals surface area contributed by atoms with E-state index in [1.165, 1.54) is 32.1 Å². The van der Waals surface area contributed by atoms with E-state index < -0.39 is 10.1 Å². The Bertz CT molecular complexity index is 577. The summed E-state index contributed by atoms with van der Waals surface area (Å²) in [5.74, 6) is 0.807. The highest BCUT2D eigenvalue weighted by Gasteiger charge is 2.18. The van der Waals surface area contributed by atoms with Crippen LogP contribution in [0.4, 0.5) is 0 Å². The molecule has 0 amide bonds. The standard InChI is InChI=1S/C20H34O3S/c1-17(2)13-10-8-6-5-7-9-11-16-23-24(21,22)20-15-12-14-18(3)19(20)4/h12,14-15,17H,5-11,13,16H2,1-4H3. The zero-order valence-corrected chi connectivity index (χ0v) is 16.6. The van der Waals surface area contributed by atoms with Gasteiger partial charge in [-0.15, -0.1) is 0 Å². The van der Waals surface area contributed by atoms with E-state index in [-0.39, 0.29) is 6.61 Å². The van der Waals surface area contributed by atoms with Gasteiger partial charge in [0.15, 0.2) is 0 Å². The molecule has 138 valence electrons. The van der Waals surface area contributed by atoms with Gasteiger partial charge in [0.25, 0.3) is 10.1 Å². The Morgan fingerprint density at radius 1 is 0.917 bits per heavy atom. The number of aryl methyl sites for hydroxylation is 1. The summed E-state index contributed by atoms with van der Waals surface area (Å²) in [4.78, 5) is 0.299. The van der Waals surface area contributed by atoms with Gasteiger partial charge < -0.3 is 0 Å². The van der Waals surface area contributed by atoms with Crippen molar-refractivity contribution in [3.8, 4) is 0 Å². The first-order chi connectivity index (χ1) is 11.3. The minimum atomic E-state index is -3.63. The number of unbranched alkanes of at least 4 members (excludes halogenated alkanes) is 6. The Morgan fingerprint density at radius 2 is 1.50 bits per heavy atom. The fourth-order valence-corrected chi connectivity index (χ4v) is 4.01. The van der Waals surface area contributed by atoms with Crippen molar-refractivity contribution in [1.29, 1.82) is 0 Å². The molecule has 0 N–H and O–H groups in total. The van der Waals surface area contributed by atoms with Crippen molar-refractivity contribution in [2.75, 3.05) is 6.61 Å². The molecule has 0 fully saturated rings. The van der Waals surface area contributed by atoms with Gasteiger partial charge in [-0.3, -0.25) is 4.18 Å². The Labute approximate surface area is 148 Å². The highest BCUT2D eigenvalue weighted by atomic mass is 32.2. The molecule has 1 aromatic carbocycles. The van der Waals surface area contributed by atoms with Gasteiger partial charge in [0, 0.05) is 0 Å². The van der Waals surface area contributed by atoms with Crippen molar-refractivity contribution >= 4 is 10.1 Å². The van der Waals surface area contributed by atoms with Gasteiger partial charge in [0.1, 0.15) is 0 Å². The largest absolute Gasteiger partial charge is 0.297 e. The smallest absolute Gasteiger partial charge is 0.266 e. The van der Waals surface area contributed by atoms with Gasteiger partial charge in [-0.05, 0) is 43.4 Å². The SMILES string of the molecule is Cc1cccc(S(=O)(=O)OCCCCCCCCCC(C)C)c1C. The molecule has 0 spiro atoms. The molecular weight excluding hydrogens is 320 g/mol. The molecule has 24 heavy (non-hydrogen) atoms. The zero-order valence-electron chi connectivity index (χ0n) is 15.8. The molecule has 0 atom stereocenters. The minimum Gasteiger partial charge on any atom is -0.266 e. The lowest BCUT2D eigenvalue weighted by atomic mass is 10.0. The molecule has 0 saturated heterocycles. The summed E-state index contributed by atoms with van der Waals surface area (Å²) in [5.41, 5.74) is 1.75. The fraction of sp³-hybridized carbons (Fsp3) is 0.700. The van der Waals surface area contributed by atoms with Gasteiger partial charge in [-0.25, -0.2) is 0 Å². The predicted octanol–water partition coefficient (Wildman–Crippen LogP) is 5.79. The second-order valence-electron chi connectivity index (χ2n) is 7.13. The molecule has 0 aromatic heterocycles. The van der Waals surface area contributed by atoms with Crippen LogP contribution in [0.15, 0.2) is 23.1 Å². The van der Waals surface area contributed by atoms with E-state index >= 15 is 0 Å². The Hall–Kier alpha value is -0.870. The van der Waals surface area contributed by atoms with Crippen molar-refractivity contribution in [3.05, 3.63) is 29.3 Å². The van der Waals surface area contributed by atoms with Crippen LogP contribution in [0, 0.1) is 19.8 Å². The zero-order chi connectivity index (χ0) is 18.0. The lowest BCUT2D eigenvalue weighted by Crippen LogP contribution is -2.09. The average molecular weight is 355 g/mol. The van der Waals surface area contributed by atoms with E-state index in [4.69, 9.17) is 4.18 Å². The van der Waals surface area contributed by atoms with E-state index in [1.807, 2.05) is 19.9 Å². The third-order valence-electron chi connectivity index (χ3n) is 4.49. The molecule has 0 radical (unpaired) electrons. The second kappa shape index (κ2) is 10.9. The number of hydrogen-bond acceptors (Lipinski definition) is 3. The van der Waals surface area contributed by atoms with Crippen molar-refractivity contribution in [2.24, 2.45) is 5.92 Å². The van der Waals surface area contributed by atoms with Crippen LogP contribution in [0.3, 0.4) is 0 Å². The fourth-order valence-electron chi connectivity index (χ4n) is 2.77. The molecule has 4 heteroatoms. The molecule has 0 bridgehead atoms. The molecule has 0 aliphatic rings. The molecule has 0 aliphatic heterocycles. The first kappa shape index (κ1) is 21.2. The first-order valence-corrected chi connectivity index (χ1v) is 10.7. The maximum Gasteiger partial charge on any atom is 0.297 e. The molecule has 0 saturated carbocycles. The molecule has 1 rings (SSSR count). The van der Waals surface area contributed by atoms with Crippen molar-refractivity contribution in [3.63, 3.8) is 0 Å². The van der Waals surface area contributed by atoms with E-state index in [2.05, 4.69) is 13.8 Å². The second-order valence-corrected chi connectivity index (χ2v) is 8.72. The number of benzene rings is 1. The van der Waals surface area contributed by atoms with Crippen molar-refractivity contribution in [1.82, 2.24) is 0 Å². The average Bonchev–Trinajstić information content (AvgIpc) is 2.51. The molecule has 0 aliphatic carbocycles. The molecule has 0 heterocycles. The maximum atomic E-state index is 12.2. The molecular formula is C20H34O3S. The predicted molar refractivity (Wildman–Crippen MR) is 101 cm³/mol. The van der Waals surface area contributed by atoms with Crippen LogP contribution in [-0.2, 0) is 14.3 Å². The lowest BCUT2D eigenvalue weighted by molar-refractivity contribution is 0.306. The Balaban J connectivity index is 2.17. The number of hydrogen-bond donors (Lipinski definition) is 0. The van der Waals surface area contributed by atoms with Gasteiger partial charge in [-0.1, -0.05) is 70.9 Å². The third-order valence-corrected chi connectivity index (χ3v) is 5.95. The minimum absolute atomic E-state index is 0.281. The molecule has 0 unspecified atom stereocenters. The van der Waals surface area contributed by atoms with E-state index in [1.54, 1.807) is 12.1 Å². The summed E-state index contributed by atoms with van der Waals surface area (Å²) in [7, 11) is -3.63. The summed E-state index contributed by atoms with van der Waals surface area (Å²) in [6.45, 7) is 8.56. The summed E-state index contributed by atoms with van der Waals surface area (Å²) in [5, 5.41) is 0. The van der Waals surface area contributed by atoms with E-state index in [0.717, 1.165) is 36.3 Å². The van der Waals surface area contributed by atoms with Crippen molar-refractivity contribution < 1.29 is 12.6 Å². The topological polar surface area (TPSA) is 43.4 Å². The van der Waals surface area contributed by atoms with Gasteiger partial charge in [0.05, 0.1) is 11.5 Å². The quantitative estimate of drug-likeness (QED) is 0.353. The first-order valence-electron chi connectivity index (χ1n) is 9.30. The van der Waals surface area contributed by atoms with Crippen LogP contribution in [0.2, 0.25) is 0 Å². The number of rotatable bonds is 12. The monoisotopic (exact) mass is 354 g/mol. The summed E-state index contributed by atoms with van der Waals surface area (Å²) >= 11 is 0. The van der Waals surface area contributed by atoms with Gasteiger partial charge in [0.2, 0.25) is 0 Å². The Morgan fingerprint density at radius 3 is 2.12 bits per heavy atom. The summed E-state index contributed by atoms with van der Waals surface area (Å²) < 4.78 is 29.7. The summed E-state index contributed by atoms with van der Waals surface area (Å²) in [6.07, 6.45) is 9.49. The van der Waals surface area contributed by atoms with Gasteiger partial charge >= 0.3 is 0 Å². The van der Waals surface area contributed by atoms with Crippen molar-refractivity contribution in [2.45, 2.75) is 84.0 Å². The van der Waals surface area contributed by atoms with Crippen LogP contribution in [-0.4, -0.2) is 15.0 Å². The van der Waals surface area contributed by atoms with Crippen LogP contribution in [0.1, 0.15) is 76.3 Å². The molecule has 3 nitrogen and oxygen atoms in total. The van der Waals surface area contributed by atoms with E-state index in [9.17, 15) is 8.42 Å². The Kier molecular flexibility index (Phi) is 9.60. The normalized spacial score (nSPS) is 12.0. The highest BCUT2D eigenvalue weighted by molar-refractivity contribution is 7.86. The molecule has 1 aromatic rings. The summed E-state index contributed by atoms with van der Waals surface area (Å²) in [6, 6.07) is 5.29. The van der Waals surface area contributed by atoms with Crippen LogP contribution < -0.4 is 0 Å². The van der Waals surface area contributed by atoms with E-state index in [0.29, 0.717) is 4.90 Å². The lowest BCUT2D eigenvalue weighted by Gasteiger charge is -2.10.